The summed E-state index contributed by atoms with van der Waals surface area (Å²) < 4.78 is 11.0. The average Bonchev–Trinajstić information content (AvgIpc) is 2.50. The Hall–Kier alpha value is 0.500. The molecule has 0 saturated heterocycles. The Kier molecular flexibility index (Phi) is 9.22. The molecule has 4 heteroatoms. The van der Waals surface area contributed by atoms with E-state index >= 15 is 0 Å². The lowest BCUT2D eigenvalue weighted by Crippen LogP contribution is -2.44. The molecule has 2 atom stereocenters. The maximum absolute atomic E-state index is 6.58. The van der Waals surface area contributed by atoms with E-state index in [1.54, 1.807) is 7.11 Å². The van der Waals surface area contributed by atoms with Gasteiger partial charge in [0.25, 0.3) is 0 Å². The van der Waals surface area contributed by atoms with Gasteiger partial charge in [-0.1, -0.05) is 40.0 Å². The van der Waals surface area contributed by atoms with Crippen LogP contribution in [-0.4, -0.2) is 24.3 Å². The Labute approximate surface area is 153 Å². The monoisotopic (exact) mass is 366 g/mol. The minimum atomic E-state index is -0.658. The van der Waals surface area contributed by atoms with E-state index in [-0.39, 0.29) is 11.7 Å². The highest BCUT2D eigenvalue weighted by Crippen LogP contribution is 2.48. The summed E-state index contributed by atoms with van der Waals surface area (Å²) in [5.74, 6) is 1.12. The molecule has 2 unspecified atom stereocenters. The van der Waals surface area contributed by atoms with Crippen LogP contribution in [0.15, 0.2) is 0 Å². The highest BCUT2D eigenvalue weighted by Gasteiger charge is 2.44. The Morgan fingerprint density at radius 3 is 2.17 bits per heavy atom. The van der Waals surface area contributed by atoms with Crippen LogP contribution in [0.3, 0.4) is 0 Å². The summed E-state index contributed by atoms with van der Waals surface area (Å²) in [4.78, 5) is 0. The van der Waals surface area contributed by atoms with Crippen molar-refractivity contribution < 1.29 is 9.47 Å². The fraction of sp³-hybridized carbons (Fsp3) is 1.00. The zero-order chi connectivity index (χ0) is 17.5. The minimum absolute atomic E-state index is 0.0306. The molecular formula is C19H36Cl2O2. The van der Waals surface area contributed by atoms with Crippen LogP contribution in [-0.2, 0) is 9.47 Å². The lowest BCUT2D eigenvalue weighted by Gasteiger charge is -2.45. The van der Waals surface area contributed by atoms with E-state index in [9.17, 15) is 0 Å². The summed E-state index contributed by atoms with van der Waals surface area (Å²) in [6.45, 7) is 9.33. The van der Waals surface area contributed by atoms with E-state index < -0.39 is 4.33 Å². The summed E-state index contributed by atoms with van der Waals surface area (Å²) in [5.41, 5.74) is -0.0306. The van der Waals surface area contributed by atoms with Gasteiger partial charge in [0.2, 0.25) is 0 Å². The average molecular weight is 367 g/mol. The molecule has 1 saturated carbocycles. The Balaban J connectivity index is 2.85. The molecule has 0 heterocycles. The predicted molar refractivity (Wildman–Crippen MR) is 100 cm³/mol. The molecule has 1 aliphatic rings. The van der Waals surface area contributed by atoms with Crippen molar-refractivity contribution in [1.82, 2.24) is 0 Å². The molecule has 1 aliphatic carbocycles. The van der Waals surface area contributed by atoms with Gasteiger partial charge >= 0.3 is 0 Å². The van der Waals surface area contributed by atoms with Gasteiger partial charge < -0.3 is 9.47 Å². The summed E-state index contributed by atoms with van der Waals surface area (Å²) in [6, 6.07) is 0. The third-order valence-corrected chi connectivity index (χ3v) is 6.03. The van der Waals surface area contributed by atoms with Gasteiger partial charge in [-0.25, -0.2) is 0 Å². The van der Waals surface area contributed by atoms with Gasteiger partial charge in [0.05, 0.1) is 0 Å². The van der Waals surface area contributed by atoms with Gasteiger partial charge in [-0.2, -0.15) is 0 Å². The Morgan fingerprint density at radius 2 is 1.70 bits per heavy atom. The number of hydrogen-bond acceptors (Lipinski definition) is 2. The Bertz CT molecular complexity index is 321. The largest absolute Gasteiger partial charge is 0.355 e. The van der Waals surface area contributed by atoms with E-state index in [0.717, 1.165) is 19.3 Å². The molecule has 0 N–H and O–H groups in total. The molecule has 0 aromatic heterocycles. The maximum Gasteiger partial charge on any atom is 0.162 e. The van der Waals surface area contributed by atoms with Crippen molar-refractivity contribution in [2.24, 2.45) is 17.3 Å². The van der Waals surface area contributed by atoms with E-state index in [1.165, 1.54) is 32.1 Å². The summed E-state index contributed by atoms with van der Waals surface area (Å²) in [6.07, 6.45) is 8.84. The van der Waals surface area contributed by atoms with Crippen molar-refractivity contribution in [3.63, 3.8) is 0 Å². The number of halogens is 2. The van der Waals surface area contributed by atoms with Gasteiger partial charge in [0.1, 0.15) is 4.33 Å². The highest BCUT2D eigenvalue weighted by molar-refractivity contribution is 6.48. The fourth-order valence-corrected chi connectivity index (χ4v) is 4.91. The van der Waals surface area contributed by atoms with Crippen LogP contribution in [0.1, 0.15) is 79.1 Å². The Morgan fingerprint density at radius 1 is 1.09 bits per heavy atom. The van der Waals surface area contributed by atoms with E-state index in [0.29, 0.717) is 18.4 Å². The zero-order valence-electron chi connectivity index (χ0n) is 15.7. The van der Waals surface area contributed by atoms with Crippen molar-refractivity contribution in [2.75, 3.05) is 13.7 Å². The summed E-state index contributed by atoms with van der Waals surface area (Å²) in [5, 5.41) is 0. The number of rotatable bonds is 10. The summed E-state index contributed by atoms with van der Waals surface area (Å²) in [7, 11) is 1.75. The first-order chi connectivity index (χ1) is 10.7. The third-order valence-electron chi connectivity index (χ3n) is 5.34. The van der Waals surface area contributed by atoms with Crippen molar-refractivity contribution in [3.8, 4) is 0 Å². The molecule has 1 rings (SSSR count). The number of hydrogen-bond donors (Lipinski definition) is 0. The maximum atomic E-state index is 6.58. The van der Waals surface area contributed by atoms with Crippen molar-refractivity contribution in [2.45, 2.75) is 89.7 Å². The smallest absolute Gasteiger partial charge is 0.162 e. The first-order valence-corrected chi connectivity index (χ1v) is 10.0. The first kappa shape index (κ1) is 21.5. The molecule has 1 fully saturated rings. The highest BCUT2D eigenvalue weighted by atomic mass is 35.5. The molecular weight excluding hydrogens is 331 g/mol. The standard InChI is InChI=1S/C19H36Cl2O2/c1-6-23-17(22-5)18(4,16-10-8-7-9-11-16)12-13-19(20,21)14-15(2)3/h15-17H,6-14H2,1-5H3. The SMILES string of the molecule is CCOC(OC)C(C)(CCC(Cl)(Cl)CC(C)C)C1CCCCC1. The molecule has 2 nitrogen and oxygen atoms in total. The first-order valence-electron chi connectivity index (χ1n) is 9.27. The second-order valence-corrected chi connectivity index (χ2v) is 9.46. The van der Waals surface area contributed by atoms with Crippen molar-refractivity contribution >= 4 is 23.2 Å². The van der Waals surface area contributed by atoms with Crippen LogP contribution in [0.5, 0.6) is 0 Å². The second-order valence-electron chi connectivity index (χ2n) is 7.82. The van der Waals surface area contributed by atoms with Crippen molar-refractivity contribution in [1.29, 1.82) is 0 Å². The normalized spacial score (nSPS) is 21.4. The van der Waals surface area contributed by atoms with Crippen LogP contribution >= 0.6 is 23.2 Å². The van der Waals surface area contributed by atoms with Crippen LogP contribution in [0, 0.1) is 17.3 Å². The van der Waals surface area contributed by atoms with Crippen LogP contribution in [0.25, 0.3) is 0 Å². The van der Waals surface area contributed by atoms with E-state index in [1.807, 2.05) is 6.92 Å². The number of alkyl halides is 2. The van der Waals surface area contributed by atoms with Gasteiger partial charge in [-0.3, -0.25) is 0 Å². The molecule has 23 heavy (non-hydrogen) atoms. The van der Waals surface area contributed by atoms with Crippen LogP contribution < -0.4 is 0 Å². The molecule has 0 bridgehead atoms. The van der Waals surface area contributed by atoms with Crippen LogP contribution in [0.4, 0.5) is 0 Å². The van der Waals surface area contributed by atoms with E-state index in [4.69, 9.17) is 32.7 Å². The van der Waals surface area contributed by atoms with Gasteiger partial charge in [0, 0.05) is 19.1 Å². The third kappa shape index (κ3) is 6.72. The van der Waals surface area contributed by atoms with E-state index in [2.05, 4.69) is 20.8 Å². The van der Waals surface area contributed by atoms with Gasteiger partial charge in [0.15, 0.2) is 6.29 Å². The van der Waals surface area contributed by atoms with Crippen molar-refractivity contribution in [3.05, 3.63) is 0 Å². The molecule has 0 radical (unpaired) electrons. The summed E-state index contributed by atoms with van der Waals surface area (Å²) >= 11 is 13.2. The molecule has 0 aromatic carbocycles. The van der Waals surface area contributed by atoms with Gasteiger partial charge in [-0.15, -0.1) is 23.2 Å². The topological polar surface area (TPSA) is 18.5 Å². The lowest BCUT2D eigenvalue weighted by molar-refractivity contribution is -0.208. The van der Waals surface area contributed by atoms with Crippen LogP contribution in [0.2, 0.25) is 0 Å². The zero-order valence-corrected chi connectivity index (χ0v) is 17.2. The fourth-order valence-electron chi connectivity index (χ4n) is 4.11. The molecule has 0 aromatic rings. The lowest BCUT2D eigenvalue weighted by atomic mass is 9.66. The quantitative estimate of drug-likeness (QED) is 0.321. The minimum Gasteiger partial charge on any atom is -0.355 e. The van der Waals surface area contributed by atoms with Gasteiger partial charge in [-0.05, 0) is 50.9 Å². The molecule has 0 aliphatic heterocycles. The number of methoxy groups -OCH3 is 1. The second kappa shape index (κ2) is 9.85. The molecule has 0 amide bonds. The molecule has 0 spiro atoms. The molecule has 138 valence electrons. The number of ether oxygens (including phenoxy) is 2. The predicted octanol–water partition coefficient (Wildman–Crippen LogP) is 6.58.